The van der Waals surface area contributed by atoms with Crippen molar-refractivity contribution in [3.63, 3.8) is 0 Å². The highest BCUT2D eigenvalue weighted by Gasteiger charge is 2.33. The van der Waals surface area contributed by atoms with Gasteiger partial charge in [-0.2, -0.15) is 0 Å². The monoisotopic (exact) mass is 327 g/mol. The van der Waals surface area contributed by atoms with Crippen LogP contribution in [-0.2, 0) is 16.1 Å². The molecule has 1 atom stereocenters. The van der Waals surface area contributed by atoms with Crippen LogP contribution in [0.15, 0.2) is 36.0 Å². The number of nitrogens with one attached hydrogen (secondary N) is 1. The third kappa shape index (κ3) is 4.43. The fourth-order valence-electron chi connectivity index (χ4n) is 3.40. The summed E-state index contributed by atoms with van der Waals surface area (Å²) in [5.74, 6) is -0.181. The SMILES string of the molecule is O=C(NCc1ccccn1)C1CC(=O)N(CCC2=CCCCC2)C1. The second-order valence-electron chi connectivity index (χ2n) is 6.64. The van der Waals surface area contributed by atoms with E-state index in [1.165, 1.54) is 24.8 Å². The first-order valence-electron chi connectivity index (χ1n) is 8.85. The average Bonchev–Trinajstić information content (AvgIpc) is 3.00. The Hall–Kier alpha value is -2.17. The Bertz CT molecular complexity index is 612. The molecule has 0 bridgehead atoms. The summed E-state index contributed by atoms with van der Waals surface area (Å²) in [6.45, 7) is 1.70. The number of carbonyl (C=O) groups is 2. The molecule has 0 radical (unpaired) electrons. The topological polar surface area (TPSA) is 62.3 Å². The molecule has 128 valence electrons. The van der Waals surface area contributed by atoms with E-state index in [0.717, 1.165) is 25.1 Å². The minimum absolute atomic E-state index is 0.0478. The first-order valence-corrected chi connectivity index (χ1v) is 8.85. The number of allylic oxidation sites excluding steroid dienone is 1. The van der Waals surface area contributed by atoms with Gasteiger partial charge in [0, 0.05) is 25.7 Å². The van der Waals surface area contributed by atoms with Crippen molar-refractivity contribution in [3.8, 4) is 0 Å². The molecule has 5 nitrogen and oxygen atoms in total. The maximum absolute atomic E-state index is 12.3. The molecular formula is C19H25N3O2. The number of hydrogen-bond donors (Lipinski definition) is 1. The Morgan fingerprint density at radius 3 is 3.00 bits per heavy atom. The zero-order valence-electron chi connectivity index (χ0n) is 14.0. The van der Waals surface area contributed by atoms with Crippen molar-refractivity contribution >= 4 is 11.8 Å². The van der Waals surface area contributed by atoms with E-state index in [9.17, 15) is 9.59 Å². The summed E-state index contributed by atoms with van der Waals surface area (Å²) in [5.41, 5.74) is 2.30. The Kier molecular flexibility index (Phi) is 5.62. The molecule has 1 fully saturated rings. The average molecular weight is 327 g/mol. The van der Waals surface area contributed by atoms with Crippen molar-refractivity contribution in [2.45, 2.75) is 45.1 Å². The van der Waals surface area contributed by atoms with Gasteiger partial charge in [0.1, 0.15) is 0 Å². The Balaban J connectivity index is 1.45. The standard InChI is InChI=1S/C19H25N3O2/c23-18-12-16(19(24)21-13-17-8-4-5-10-20-17)14-22(18)11-9-15-6-2-1-3-7-15/h4-6,8,10,16H,1-3,7,9,11-14H2,(H,21,24). The van der Waals surface area contributed by atoms with Gasteiger partial charge < -0.3 is 10.2 Å². The molecule has 1 saturated heterocycles. The van der Waals surface area contributed by atoms with Crippen LogP contribution in [0.1, 0.15) is 44.2 Å². The third-order valence-corrected chi connectivity index (χ3v) is 4.84. The lowest BCUT2D eigenvalue weighted by Gasteiger charge is -2.19. The van der Waals surface area contributed by atoms with Crippen LogP contribution in [0.2, 0.25) is 0 Å². The fourth-order valence-corrected chi connectivity index (χ4v) is 3.40. The highest BCUT2D eigenvalue weighted by molar-refractivity contribution is 5.89. The van der Waals surface area contributed by atoms with Crippen molar-refractivity contribution in [2.24, 2.45) is 5.92 Å². The van der Waals surface area contributed by atoms with Crippen molar-refractivity contribution in [1.29, 1.82) is 0 Å². The fraction of sp³-hybridized carbons (Fsp3) is 0.526. The zero-order chi connectivity index (χ0) is 16.8. The van der Waals surface area contributed by atoms with E-state index in [2.05, 4.69) is 16.4 Å². The summed E-state index contributed by atoms with van der Waals surface area (Å²) in [5, 5.41) is 2.90. The number of aromatic nitrogens is 1. The van der Waals surface area contributed by atoms with E-state index in [4.69, 9.17) is 0 Å². The summed E-state index contributed by atoms with van der Waals surface area (Å²) in [4.78, 5) is 30.5. The Labute approximate surface area is 143 Å². The van der Waals surface area contributed by atoms with Crippen molar-refractivity contribution in [1.82, 2.24) is 15.2 Å². The summed E-state index contributed by atoms with van der Waals surface area (Å²) in [6, 6.07) is 5.63. The van der Waals surface area contributed by atoms with Gasteiger partial charge in [0.25, 0.3) is 0 Å². The van der Waals surface area contributed by atoms with Gasteiger partial charge >= 0.3 is 0 Å². The van der Waals surface area contributed by atoms with Gasteiger partial charge in [-0.05, 0) is 44.2 Å². The normalized spacial score (nSPS) is 20.8. The number of nitrogens with zero attached hydrogens (tertiary/aromatic N) is 2. The van der Waals surface area contributed by atoms with Crippen LogP contribution in [0.25, 0.3) is 0 Å². The highest BCUT2D eigenvalue weighted by Crippen LogP contribution is 2.23. The summed E-state index contributed by atoms with van der Waals surface area (Å²) < 4.78 is 0. The molecule has 0 spiro atoms. The van der Waals surface area contributed by atoms with Gasteiger partial charge in [-0.3, -0.25) is 14.6 Å². The van der Waals surface area contributed by atoms with Crippen molar-refractivity contribution in [2.75, 3.05) is 13.1 Å². The van der Waals surface area contributed by atoms with Crippen molar-refractivity contribution in [3.05, 3.63) is 41.7 Å². The summed E-state index contributed by atoms with van der Waals surface area (Å²) >= 11 is 0. The lowest BCUT2D eigenvalue weighted by Crippen LogP contribution is -2.33. The molecule has 2 aliphatic rings. The lowest BCUT2D eigenvalue weighted by atomic mass is 9.97. The van der Waals surface area contributed by atoms with Crippen LogP contribution in [-0.4, -0.2) is 34.8 Å². The smallest absolute Gasteiger partial charge is 0.225 e. The largest absolute Gasteiger partial charge is 0.350 e. The van der Waals surface area contributed by atoms with Crippen LogP contribution >= 0.6 is 0 Å². The van der Waals surface area contributed by atoms with Gasteiger partial charge in [0.2, 0.25) is 11.8 Å². The Morgan fingerprint density at radius 2 is 2.25 bits per heavy atom. The molecule has 1 N–H and O–H groups in total. The van der Waals surface area contributed by atoms with Crippen LogP contribution in [0, 0.1) is 5.92 Å². The minimum atomic E-state index is -0.235. The molecule has 2 heterocycles. The second-order valence-corrected chi connectivity index (χ2v) is 6.64. The zero-order valence-corrected chi connectivity index (χ0v) is 14.0. The number of carbonyl (C=O) groups excluding carboxylic acids is 2. The number of pyridine rings is 1. The van der Waals surface area contributed by atoms with Gasteiger partial charge in [-0.1, -0.05) is 17.7 Å². The maximum Gasteiger partial charge on any atom is 0.225 e. The van der Waals surface area contributed by atoms with Crippen LogP contribution < -0.4 is 5.32 Å². The third-order valence-electron chi connectivity index (χ3n) is 4.84. The van der Waals surface area contributed by atoms with Crippen LogP contribution in [0.3, 0.4) is 0 Å². The predicted octanol–water partition coefficient (Wildman–Crippen LogP) is 2.44. The lowest BCUT2D eigenvalue weighted by molar-refractivity contribution is -0.129. The van der Waals surface area contributed by atoms with Gasteiger partial charge in [0.15, 0.2) is 0 Å². The van der Waals surface area contributed by atoms with Gasteiger partial charge in [0.05, 0.1) is 18.2 Å². The number of hydrogen-bond acceptors (Lipinski definition) is 3. The van der Waals surface area contributed by atoms with E-state index >= 15 is 0 Å². The van der Waals surface area contributed by atoms with E-state index in [-0.39, 0.29) is 17.7 Å². The highest BCUT2D eigenvalue weighted by atomic mass is 16.2. The molecule has 2 amide bonds. The first kappa shape index (κ1) is 16.7. The Morgan fingerprint density at radius 1 is 1.33 bits per heavy atom. The van der Waals surface area contributed by atoms with E-state index in [0.29, 0.717) is 19.5 Å². The molecule has 24 heavy (non-hydrogen) atoms. The van der Waals surface area contributed by atoms with Crippen molar-refractivity contribution < 1.29 is 9.59 Å². The molecule has 1 aromatic heterocycles. The number of likely N-dealkylation sites (tertiary alicyclic amines) is 1. The van der Waals surface area contributed by atoms with Crippen LogP contribution in [0.5, 0.6) is 0 Å². The summed E-state index contributed by atoms with van der Waals surface area (Å²) in [7, 11) is 0. The van der Waals surface area contributed by atoms with E-state index < -0.39 is 0 Å². The molecule has 1 unspecified atom stereocenters. The van der Waals surface area contributed by atoms with Gasteiger partial charge in [-0.25, -0.2) is 0 Å². The van der Waals surface area contributed by atoms with Crippen LogP contribution in [0.4, 0.5) is 0 Å². The molecule has 1 aliphatic heterocycles. The number of rotatable bonds is 6. The molecule has 1 aliphatic carbocycles. The molecular weight excluding hydrogens is 302 g/mol. The molecule has 0 saturated carbocycles. The van der Waals surface area contributed by atoms with E-state index in [1.807, 2.05) is 23.1 Å². The predicted molar refractivity (Wildman–Crippen MR) is 91.9 cm³/mol. The molecule has 5 heteroatoms. The molecule has 0 aromatic carbocycles. The second kappa shape index (κ2) is 8.08. The first-order chi connectivity index (χ1) is 11.7. The summed E-state index contributed by atoms with van der Waals surface area (Å²) in [6.07, 6.45) is 10.2. The minimum Gasteiger partial charge on any atom is -0.350 e. The number of amides is 2. The van der Waals surface area contributed by atoms with Gasteiger partial charge in [-0.15, -0.1) is 0 Å². The molecule has 3 rings (SSSR count). The van der Waals surface area contributed by atoms with E-state index in [1.54, 1.807) is 6.20 Å². The molecule has 1 aromatic rings. The maximum atomic E-state index is 12.3. The quantitative estimate of drug-likeness (QED) is 0.816.